The highest BCUT2D eigenvalue weighted by Crippen LogP contribution is 2.33. The highest BCUT2D eigenvalue weighted by molar-refractivity contribution is 5.58. The van der Waals surface area contributed by atoms with Crippen LogP contribution in [0.4, 0.5) is 11.6 Å². The Balaban J connectivity index is 2.31. The summed E-state index contributed by atoms with van der Waals surface area (Å²) in [6.45, 7) is 11.0. The Labute approximate surface area is 128 Å². The second-order valence-electron chi connectivity index (χ2n) is 6.84. The van der Waals surface area contributed by atoms with Crippen molar-refractivity contribution in [3.8, 4) is 0 Å². The van der Waals surface area contributed by atoms with Gasteiger partial charge in [-0.25, -0.2) is 15.8 Å². The minimum absolute atomic E-state index is 0.427. The molecule has 1 aromatic rings. The fourth-order valence-corrected chi connectivity index (χ4v) is 2.97. The number of nitrogens with zero attached hydrogens (tertiary/aromatic N) is 3. The molecule has 0 saturated carbocycles. The van der Waals surface area contributed by atoms with Crippen molar-refractivity contribution in [1.82, 2.24) is 9.97 Å². The van der Waals surface area contributed by atoms with E-state index in [9.17, 15) is 0 Å². The van der Waals surface area contributed by atoms with Crippen LogP contribution in [0.25, 0.3) is 0 Å². The molecule has 21 heavy (non-hydrogen) atoms. The summed E-state index contributed by atoms with van der Waals surface area (Å²) in [7, 11) is 0. The largest absolute Gasteiger partial charge is 0.356 e. The molecule has 0 aromatic carbocycles. The van der Waals surface area contributed by atoms with Crippen LogP contribution in [0.1, 0.15) is 57.8 Å². The van der Waals surface area contributed by atoms with Gasteiger partial charge in [0, 0.05) is 25.1 Å². The van der Waals surface area contributed by atoms with Gasteiger partial charge in [-0.15, -0.1) is 0 Å². The van der Waals surface area contributed by atoms with Gasteiger partial charge >= 0.3 is 0 Å². The molecule has 1 aromatic heterocycles. The molecule has 0 radical (unpaired) electrons. The molecule has 5 heteroatoms. The molecule has 0 spiro atoms. The van der Waals surface area contributed by atoms with Gasteiger partial charge in [0.1, 0.15) is 17.5 Å². The van der Waals surface area contributed by atoms with E-state index >= 15 is 0 Å². The van der Waals surface area contributed by atoms with Gasteiger partial charge in [-0.3, -0.25) is 0 Å². The van der Waals surface area contributed by atoms with Crippen LogP contribution in [0.2, 0.25) is 0 Å². The van der Waals surface area contributed by atoms with Crippen molar-refractivity contribution in [2.24, 2.45) is 11.3 Å². The Bertz CT molecular complexity index is 484. The van der Waals surface area contributed by atoms with Crippen LogP contribution in [-0.4, -0.2) is 23.1 Å². The normalized spacial score (nSPS) is 18.4. The molecule has 118 valence electrons. The molecule has 2 heterocycles. The van der Waals surface area contributed by atoms with Crippen LogP contribution >= 0.6 is 0 Å². The van der Waals surface area contributed by atoms with E-state index in [0.717, 1.165) is 49.0 Å². The Morgan fingerprint density at radius 2 is 2.00 bits per heavy atom. The number of nitrogens with two attached hydrogens (primary N) is 1. The van der Waals surface area contributed by atoms with Crippen molar-refractivity contribution in [3.63, 3.8) is 0 Å². The smallest absolute Gasteiger partial charge is 0.148 e. The Kier molecular flexibility index (Phi) is 5.04. The SMILES string of the molecule is CCCc1nc(NN)c(C)c(N2CCCC(C)(C)CC2)n1. The zero-order chi connectivity index (χ0) is 15.5. The molecule has 0 bridgehead atoms. The number of hydrogen-bond donors (Lipinski definition) is 2. The third-order valence-corrected chi connectivity index (χ3v) is 4.42. The van der Waals surface area contributed by atoms with E-state index in [0.29, 0.717) is 5.41 Å². The molecule has 1 aliphatic rings. The van der Waals surface area contributed by atoms with Crippen LogP contribution in [0.5, 0.6) is 0 Å². The number of aryl methyl sites for hydroxylation is 1. The lowest BCUT2D eigenvalue weighted by molar-refractivity contribution is 0.325. The lowest BCUT2D eigenvalue weighted by Gasteiger charge is -2.26. The second kappa shape index (κ2) is 6.60. The molecule has 2 rings (SSSR count). The Morgan fingerprint density at radius 3 is 2.67 bits per heavy atom. The maximum Gasteiger partial charge on any atom is 0.148 e. The summed E-state index contributed by atoms with van der Waals surface area (Å²) in [6, 6.07) is 0. The third-order valence-electron chi connectivity index (χ3n) is 4.42. The van der Waals surface area contributed by atoms with E-state index in [-0.39, 0.29) is 0 Å². The first-order valence-electron chi connectivity index (χ1n) is 8.06. The van der Waals surface area contributed by atoms with Gasteiger partial charge in [0.25, 0.3) is 0 Å². The molecule has 0 amide bonds. The number of hydrazine groups is 1. The first kappa shape index (κ1) is 16.0. The Hall–Kier alpha value is -1.36. The number of hydrogen-bond acceptors (Lipinski definition) is 5. The zero-order valence-electron chi connectivity index (χ0n) is 13.9. The summed E-state index contributed by atoms with van der Waals surface area (Å²) < 4.78 is 0. The zero-order valence-corrected chi connectivity index (χ0v) is 13.9. The Morgan fingerprint density at radius 1 is 1.24 bits per heavy atom. The predicted octanol–water partition coefficient (Wildman–Crippen LogP) is 3.04. The van der Waals surface area contributed by atoms with E-state index in [2.05, 4.69) is 43.0 Å². The van der Waals surface area contributed by atoms with Gasteiger partial charge in [0.15, 0.2) is 0 Å². The lowest BCUT2D eigenvalue weighted by Crippen LogP contribution is -2.28. The first-order valence-corrected chi connectivity index (χ1v) is 8.06. The molecule has 0 unspecified atom stereocenters. The number of nitrogens with one attached hydrogen (secondary N) is 1. The molecular weight excluding hydrogens is 262 g/mol. The van der Waals surface area contributed by atoms with Gasteiger partial charge in [0.05, 0.1) is 0 Å². The van der Waals surface area contributed by atoms with Gasteiger partial charge in [0.2, 0.25) is 0 Å². The number of aromatic nitrogens is 2. The molecule has 1 saturated heterocycles. The summed E-state index contributed by atoms with van der Waals surface area (Å²) in [5.74, 6) is 8.32. The lowest BCUT2D eigenvalue weighted by atomic mass is 9.85. The molecule has 0 atom stereocenters. The number of anilines is 2. The van der Waals surface area contributed by atoms with Crippen molar-refractivity contribution >= 4 is 11.6 Å². The van der Waals surface area contributed by atoms with E-state index in [4.69, 9.17) is 10.8 Å². The van der Waals surface area contributed by atoms with Crippen molar-refractivity contribution < 1.29 is 0 Å². The maximum atomic E-state index is 5.63. The summed E-state index contributed by atoms with van der Waals surface area (Å²) in [4.78, 5) is 11.7. The second-order valence-corrected chi connectivity index (χ2v) is 6.84. The van der Waals surface area contributed by atoms with E-state index < -0.39 is 0 Å². The molecular formula is C16H29N5. The van der Waals surface area contributed by atoms with Crippen LogP contribution in [-0.2, 0) is 6.42 Å². The topological polar surface area (TPSA) is 67.1 Å². The van der Waals surface area contributed by atoms with Crippen LogP contribution in [0, 0.1) is 12.3 Å². The van der Waals surface area contributed by atoms with Gasteiger partial charge < -0.3 is 10.3 Å². The number of nitrogen functional groups attached to an aromatic ring is 1. The molecule has 1 fully saturated rings. The summed E-state index contributed by atoms with van der Waals surface area (Å²) in [5.41, 5.74) is 4.21. The minimum atomic E-state index is 0.427. The average Bonchev–Trinajstić information content (AvgIpc) is 2.62. The van der Waals surface area contributed by atoms with Gasteiger partial charge in [-0.1, -0.05) is 20.8 Å². The summed E-state index contributed by atoms with van der Waals surface area (Å²) in [5, 5.41) is 0. The molecule has 5 nitrogen and oxygen atoms in total. The van der Waals surface area contributed by atoms with Crippen molar-refractivity contribution in [3.05, 3.63) is 11.4 Å². The van der Waals surface area contributed by atoms with Gasteiger partial charge in [-0.05, 0) is 38.0 Å². The predicted molar refractivity (Wildman–Crippen MR) is 88.4 cm³/mol. The monoisotopic (exact) mass is 291 g/mol. The van der Waals surface area contributed by atoms with E-state index in [1.165, 1.54) is 19.3 Å². The van der Waals surface area contributed by atoms with Crippen LogP contribution in [0.3, 0.4) is 0 Å². The fraction of sp³-hybridized carbons (Fsp3) is 0.750. The quantitative estimate of drug-likeness (QED) is 0.659. The van der Waals surface area contributed by atoms with Gasteiger partial charge in [-0.2, -0.15) is 0 Å². The van der Waals surface area contributed by atoms with E-state index in [1.807, 2.05) is 0 Å². The molecule has 0 aliphatic carbocycles. The van der Waals surface area contributed by atoms with Crippen molar-refractivity contribution in [2.75, 3.05) is 23.4 Å². The maximum absolute atomic E-state index is 5.63. The molecule has 1 aliphatic heterocycles. The third kappa shape index (κ3) is 3.84. The van der Waals surface area contributed by atoms with Crippen molar-refractivity contribution in [2.45, 2.75) is 59.8 Å². The average molecular weight is 291 g/mol. The highest BCUT2D eigenvalue weighted by atomic mass is 15.3. The van der Waals surface area contributed by atoms with Crippen LogP contribution < -0.4 is 16.2 Å². The van der Waals surface area contributed by atoms with Crippen LogP contribution in [0.15, 0.2) is 0 Å². The summed E-state index contributed by atoms with van der Waals surface area (Å²) >= 11 is 0. The summed E-state index contributed by atoms with van der Waals surface area (Å²) in [6.07, 6.45) is 5.62. The first-order chi connectivity index (χ1) is 9.96. The van der Waals surface area contributed by atoms with Crippen molar-refractivity contribution in [1.29, 1.82) is 0 Å². The highest BCUT2D eigenvalue weighted by Gasteiger charge is 2.25. The molecule has 3 N–H and O–H groups in total. The fourth-order valence-electron chi connectivity index (χ4n) is 2.97. The minimum Gasteiger partial charge on any atom is -0.356 e. The standard InChI is InChI=1S/C16H29N5/c1-5-7-13-18-14(20-17)12(2)15(19-13)21-10-6-8-16(3,4)9-11-21/h5-11,17H2,1-4H3,(H,18,19,20). The van der Waals surface area contributed by atoms with E-state index in [1.54, 1.807) is 0 Å². The number of rotatable bonds is 4.